The fourth-order valence-electron chi connectivity index (χ4n) is 6.73. The normalized spacial score (nSPS) is 14.7. The summed E-state index contributed by atoms with van der Waals surface area (Å²) in [6.07, 6.45) is 8.53. The van der Waals surface area contributed by atoms with Gasteiger partial charge in [0, 0.05) is 47.4 Å². The number of benzene rings is 3. The summed E-state index contributed by atoms with van der Waals surface area (Å²) in [6, 6.07) is 21.0. The molecule has 0 spiro atoms. The van der Waals surface area contributed by atoms with Crippen molar-refractivity contribution >= 4 is 40.4 Å². The van der Waals surface area contributed by atoms with Gasteiger partial charge in [-0.15, -0.1) is 0 Å². The predicted molar refractivity (Wildman–Crippen MR) is 178 cm³/mol. The number of anilines is 1. The van der Waals surface area contributed by atoms with E-state index in [1.54, 1.807) is 31.4 Å². The molecule has 9 heteroatoms. The summed E-state index contributed by atoms with van der Waals surface area (Å²) < 4.78 is 13.8. The average Bonchev–Trinajstić information content (AvgIpc) is 3.27. The quantitative estimate of drug-likeness (QED) is 0.194. The fourth-order valence-corrected chi connectivity index (χ4v) is 6.73. The Bertz CT molecular complexity index is 1770. The summed E-state index contributed by atoms with van der Waals surface area (Å²) in [6.45, 7) is 1.59. The second-order valence-electron chi connectivity index (χ2n) is 11.9. The third kappa shape index (κ3) is 6.70. The number of amides is 2. The van der Waals surface area contributed by atoms with Crippen LogP contribution in [-0.4, -0.2) is 65.8 Å². The van der Waals surface area contributed by atoms with Crippen LogP contribution in [-0.2, 0) is 20.9 Å². The van der Waals surface area contributed by atoms with Gasteiger partial charge in [-0.2, -0.15) is 0 Å². The molecule has 0 saturated heterocycles. The van der Waals surface area contributed by atoms with E-state index in [9.17, 15) is 14.4 Å². The zero-order chi connectivity index (χ0) is 32.0. The van der Waals surface area contributed by atoms with E-state index < -0.39 is 5.97 Å². The lowest BCUT2D eigenvalue weighted by atomic mass is 9.81. The zero-order valence-electron chi connectivity index (χ0n) is 26.0. The minimum absolute atomic E-state index is 0.151. The number of methoxy groups -OCH3 is 1. The molecule has 0 bridgehead atoms. The molecule has 2 heterocycles. The number of aliphatic carboxylic acids is 1. The molecule has 1 aliphatic carbocycles. The van der Waals surface area contributed by atoms with Crippen LogP contribution >= 0.6 is 0 Å². The second kappa shape index (κ2) is 14.0. The summed E-state index contributed by atoms with van der Waals surface area (Å²) in [5.74, 6) is -0.286. The van der Waals surface area contributed by atoms with E-state index in [4.69, 9.17) is 14.6 Å². The van der Waals surface area contributed by atoms with Crippen LogP contribution in [0.5, 0.6) is 5.75 Å². The van der Waals surface area contributed by atoms with Gasteiger partial charge in [0.25, 0.3) is 5.91 Å². The minimum Gasteiger partial charge on any atom is -0.491 e. The third-order valence-electron chi connectivity index (χ3n) is 8.88. The molecular formula is C37H39N3O6. The Kier molecular flexibility index (Phi) is 9.49. The van der Waals surface area contributed by atoms with Gasteiger partial charge in [-0.25, -0.2) is 4.79 Å². The molecule has 2 aliphatic rings. The maximum absolute atomic E-state index is 14.0. The van der Waals surface area contributed by atoms with Crippen molar-refractivity contribution < 1.29 is 29.0 Å². The molecule has 2 N–H and O–H groups in total. The van der Waals surface area contributed by atoms with Gasteiger partial charge in [0.15, 0.2) is 0 Å². The molecule has 46 heavy (non-hydrogen) atoms. The van der Waals surface area contributed by atoms with Crippen molar-refractivity contribution in [3.05, 3.63) is 89.5 Å². The Balaban J connectivity index is 1.30. The lowest BCUT2D eigenvalue weighted by Gasteiger charge is -2.23. The molecule has 0 radical (unpaired) electrons. The van der Waals surface area contributed by atoms with Crippen LogP contribution in [0.25, 0.3) is 28.2 Å². The highest BCUT2D eigenvalue weighted by molar-refractivity contribution is 6.03. The molecule has 1 aliphatic heterocycles. The Hall–Kier alpha value is -4.89. The molecule has 0 atom stereocenters. The number of rotatable bonds is 10. The number of nitrogens with one attached hydrogen (secondary N) is 1. The summed E-state index contributed by atoms with van der Waals surface area (Å²) in [5.41, 5.74) is 6.40. The standard InChI is InChI=1S/C37H39N3O6/c1-45-21-19-39(24-33(41)38-28-15-11-25(12-16-28)13-18-34(42)43)37(44)27-14-17-29-31(23-27)40-20-22-46-32-10-6-5-9-30(32)36(40)35(29)26-7-3-2-4-8-26/h5-6,9-18,23,26H,2-4,7-8,19-22,24H2,1H3,(H,38,41)(H,42,43)/b18-13+. The molecule has 6 rings (SSSR count). The maximum Gasteiger partial charge on any atom is 0.328 e. The number of fused-ring (bicyclic) bond motifs is 5. The average molecular weight is 622 g/mol. The van der Waals surface area contributed by atoms with Gasteiger partial charge in [0.2, 0.25) is 5.91 Å². The first-order chi connectivity index (χ1) is 22.4. The number of nitrogens with zero attached hydrogens (tertiary/aromatic N) is 2. The monoisotopic (exact) mass is 621 g/mol. The number of hydrogen-bond acceptors (Lipinski definition) is 5. The van der Waals surface area contributed by atoms with Gasteiger partial charge in [0.05, 0.1) is 18.8 Å². The highest BCUT2D eigenvalue weighted by Gasteiger charge is 2.30. The second-order valence-corrected chi connectivity index (χ2v) is 11.9. The third-order valence-corrected chi connectivity index (χ3v) is 8.88. The number of hydrogen-bond donors (Lipinski definition) is 2. The van der Waals surface area contributed by atoms with E-state index in [1.165, 1.54) is 46.9 Å². The van der Waals surface area contributed by atoms with E-state index in [-0.39, 0.29) is 31.5 Å². The first-order valence-electron chi connectivity index (χ1n) is 15.9. The molecule has 2 amide bonds. The van der Waals surface area contributed by atoms with Crippen LogP contribution in [0.15, 0.2) is 72.8 Å². The van der Waals surface area contributed by atoms with Gasteiger partial charge < -0.3 is 29.4 Å². The molecule has 4 aromatic rings. The molecule has 9 nitrogen and oxygen atoms in total. The molecule has 0 unspecified atom stereocenters. The molecule has 3 aromatic carbocycles. The number of carboxylic acids is 1. The minimum atomic E-state index is -1.03. The van der Waals surface area contributed by atoms with Crippen molar-refractivity contribution in [2.75, 3.05) is 38.7 Å². The molecule has 1 aromatic heterocycles. The van der Waals surface area contributed by atoms with Crippen LogP contribution < -0.4 is 10.1 Å². The number of aromatic nitrogens is 1. The fraction of sp³-hybridized carbons (Fsp3) is 0.324. The van der Waals surface area contributed by atoms with E-state index in [2.05, 4.69) is 28.1 Å². The van der Waals surface area contributed by atoms with E-state index in [0.717, 1.165) is 35.7 Å². The smallest absolute Gasteiger partial charge is 0.328 e. The lowest BCUT2D eigenvalue weighted by molar-refractivity contribution is -0.131. The van der Waals surface area contributed by atoms with Crippen molar-refractivity contribution in [2.45, 2.75) is 44.6 Å². The van der Waals surface area contributed by atoms with Gasteiger partial charge in [-0.05, 0) is 72.4 Å². The van der Waals surface area contributed by atoms with Crippen LogP contribution in [0.3, 0.4) is 0 Å². The summed E-state index contributed by atoms with van der Waals surface area (Å²) in [4.78, 5) is 39.4. The van der Waals surface area contributed by atoms with Gasteiger partial charge in [-0.3, -0.25) is 9.59 Å². The van der Waals surface area contributed by atoms with E-state index >= 15 is 0 Å². The van der Waals surface area contributed by atoms with Gasteiger partial charge in [-0.1, -0.05) is 49.6 Å². The largest absolute Gasteiger partial charge is 0.491 e. The van der Waals surface area contributed by atoms with E-state index in [0.29, 0.717) is 35.9 Å². The summed E-state index contributed by atoms with van der Waals surface area (Å²) >= 11 is 0. The summed E-state index contributed by atoms with van der Waals surface area (Å²) in [5, 5.41) is 12.9. The Morgan fingerprint density at radius 2 is 1.83 bits per heavy atom. The molecule has 1 fully saturated rings. The highest BCUT2D eigenvalue weighted by atomic mass is 16.5. The predicted octanol–water partition coefficient (Wildman–Crippen LogP) is 6.57. The Morgan fingerprint density at radius 3 is 2.59 bits per heavy atom. The lowest BCUT2D eigenvalue weighted by Crippen LogP contribution is -2.40. The van der Waals surface area contributed by atoms with Crippen LogP contribution in [0.1, 0.15) is 59.5 Å². The number of carbonyl (C=O) groups excluding carboxylic acids is 2. The maximum atomic E-state index is 14.0. The zero-order valence-corrected chi connectivity index (χ0v) is 26.0. The topological polar surface area (TPSA) is 110 Å². The van der Waals surface area contributed by atoms with Crippen molar-refractivity contribution in [3.63, 3.8) is 0 Å². The Morgan fingerprint density at radius 1 is 1.04 bits per heavy atom. The van der Waals surface area contributed by atoms with Gasteiger partial charge in [0.1, 0.15) is 18.9 Å². The van der Waals surface area contributed by atoms with Crippen LogP contribution in [0, 0.1) is 0 Å². The molecule has 238 valence electrons. The SMILES string of the molecule is COCCN(CC(=O)Nc1ccc(/C=C/C(=O)O)cc1)C(=O)c1ccc2c(C3CCCCC3)c3n(c2c1)CCOc1ccccc1-3. The Labute approximate surface area is 268 Å². The highest BCUT2D eigenvalue weighted by Crippen LogP contribution is 2.47. The first-order valence-corrected chi connectivity index (χ1v) is 15.9. The van der Waals surface area contributed by atoms with Crippen molar-refractivity contribution in [1.29, 1.82) is 0 Å². The molecular weight excluding hydrogens is 582 g/mol. The number of ether oxygens (including phenoxy) is 2. The van der Waals surface area contributed by atoms with Crippen molar-refractivity contribution in [1.82, 2.24) is 9.47 Å². The van der Waals surface area contributed by atoms with E-state index in [1.807, 2.05) is 24.3 Å². The summed E-state index contributed by atoms with van der Waals surface area (Å²) in [7, 11) is 1.57. The number of para-hydroxylation sites is 1. The van der Waals surface area contributed by atoms with Crippen LogP contribution in [0.4, 0.5) is 5.69 Å². The first kappa shape index (κ1) is 31.1. The van der Waals surface area contributed by atoms with Crippen molar-refractivity contribution in [2.24, 2.45) is 0 Å². The number of carbonyl (C=O) groups is 3. The number of carboxylic acid groups (broad SMARTS) is 1. The van der Waals surface area contributed by atoms with Crippen LogP contribution in [0.2, 0.25) is 0 Å². The van der Waals surface area contributed by atoms with Crippen molar-refractivity contribution in [3.8, 4) is 17.0 Å². The van der Waals surface area contributed by atoms with Gasteiger partial charge >= 0.3 is 5.97 Å². The molecule has 1 saturated carbocycles.